The quantitative estimate of drug-likeness (QED) is 0.768. The van der Waals surface area contributed by atoms with Crippen LogP contribution in [0.4, 0.5) is 4.79 Å². The van der Waals surface area contributed by atoms with E-state index in [2.05, 4.69) is 17.2 Å². The molecule has 0 spiro atoms. The van der Waals surface area contributed by atoms with Crippen molar-refractivity contribution in [3.63, 3.8) is 0 Å². The molecular formula is C15H22N2O3. The van der Waals surface area contributed by atoms with Gasteiger partial charge in [0.2, 0.25) is 0 Å². The van der Waals surface area contributed by atoms with Gasteiger partial charge in [0.05, 0.1) is 13.2 Å². The van der Waals surface area contributed by atoms with E-state index in [-0.39, 0.29) is 6.03 Å². The lowest BCUT2D eigenvalue weighted by atomic mass is 10.1. The maximum Gasteiger partial charge on any atom is 0.318 e. The van der Waals surface area contributed by atoms with Crippen LogP contribution in [0.1, 0.15) is 19.4 Å². The van der Waals surface area contributed by atoms with Crippen molar-refractivity contribution in [3.05, 3.63) is 36.5 Å². The Hall–Kier alpha value is -2.17. The summed E-state index contributed by atoms with van der Waals surface area (Å²) in [4.78, 5) is 11.2. The molecule has 1 aromatic carbocycles. The number of urea groups is 1. The molecule has 0 saturated heterocycles. The third-order valence-electron chi connectivity index (χ3n) is 2.54. The summed E-state index contributed by atoms with van der Waals surface area (Å²) in [6.07, 6.45) is 2.07. The van der Waals surface area contributed by atoms with Crippen LogP contribution in [0.15, 0.2) is 31.0 Å². The van der Waals surface area contributed by atoms with Crippen molar-refractivity contribution in [2.24, 2.45) is 0 Å². The Morgan fingerprint density at radius 3 is 2.60 bits per heavy atom. The van der Waals surface area contributed by atoms with Crippen molar-refractivity contribution >= 4 is 6.03 Å². The summed E-state index contributed by atoms with van der Waals surface area (Å²) in [5, 5.41) is 5.19. The van der Waals surface area contributed by atoms with Crippen molar-refractivity contribution in [1.82, 2.24) is 10.6 Å². The molecule has 0 fully saturated rings. The summed E-state index contributed by atoms with van der Waals surface area (Å²) in [6.45, 7) is 9.02. The highest BCUT2D eigenvalue weighted by Gasteiger charge is 2.06. The molecule has 110 valence electrons. The summed E-state index contributed by atoms with van der Waals surface area (Å²) < 4.78 is 11.1. The predicted molar refractivity (Wildman–Crippen MR) is 79.2 cm³/mol. The van der Waals surface area contributed by atoms with Crippen LogP contribution in [0, 0.1) is 0 Å². The zero-order valence-electron chi connectivity index (χ0n) is 12.1. The first-order valence-corrected chi connectivity index (χ1v) is 6.75. The first kappa shape index (κ1) is 15.9. The number of carbonyl (C=O) groups excluding carboxylic acids is 1. The van der Waals surface area contributed by atoms with Crippen molar-refractivity contribution in [3.8, 4) is 11.5 Å². The monoisotopic (exact) mass is 278 g/mol. The summed E-state index contributed by atoms with van der Waals surface area (Å²) >= 11 is 0. The second kappa shape index (κ2) is 8.85. The van der Waals surface area contributed by atoms with Crippen LogP contribution in [-0.2, 0) is 6.42 Å². The lowest BCUT2D eigenvalue weighted by Crippen LogP contribution is -2.33. The molecule has 0 aliphatic heterocycles. The van der Waals surface area contributed by atoms with E-state index in [1.807, 2.05) is 32.0 Å². The van der Waals surface area contributed by atoms with Gasteiger partial charge in [0.15, 0.2) is 11.5 Å². The van der Waals surface area contributed by atoms with Crippen molar-refractivity contribution < 1.29 is 14.3 Å². The second-order valence-electron chi connectivity index (χ2n) is 4.00. The van der Waals surface area contributed by atoms with Gasteiger partial charge in [0.1, 0.15) is 0 Å². The van der Waals surface area contributed by atoms with Crippen LogP contribution >= 0.6 is 0 Å². The Kier molecular flexibility index (Phi) is 7.03. The predicted octanol–water partition coefficient (Wildman–Crippen LogP) is 2.47. The molecule has 0 aliphatic rings. The minimum absolute atomic E-state index is 0.254. The van der Waals surface area contributed by atoms with E-state index in [0.717, 1.165) is 23.5 Å². The first-order chi connectivity index (χ1) is 9.71. The standard InChI is InChI=1S/C15H22N2O3/c1-4-16-15(18)17-10-9-12-7-8-13(19-5-2)14(11-12)20-6-3/h4,7-8,11H,1,5-6,9-10H2,2-3H3,(H2,16,17,18). The largest absolute Gasteiger partial charge is 0.490 e. The van der Waals surface area contributed by atoms with Gasteiger partial charge < -0.3 is 20.1 Å². The fourth-order valence-electron chi connectivity index (χ4n) is 1.72. The SMILES string of the molecule is C=CNC(=O)NCCc1ccc(OCC)c(OCC)c1. The lowest BCUT2D eigenvalue weighted by Gasteiger charge is -2.12. The molecule has 20 heavy (non-hydrogen) atoms. The average Bonchev–Trinajstić information content (AvgIpc) is 2.42. The summed E-state index contributed by atoms with van der Waals surface area (Å²) in [7, 11) is 0. The van der Waals surface area contributed by atoms with E-state index in [9.17, 15) is 4.79 Å². The highest BCUT2D eigenvalue weighted by molar-refractivity contribution is 5.74. The normalized spacial score (nSPS) is 9.70. The Morgan fingerprint density at radius 1 is 1.25 bits per heavy atom. The third kappa shape index (κ3) is 5.22. The summed E-state index contributed by atoms with van der Waals surface area (Å²) in [5.41, 5.74) is 1.08. The van der Waals surface area contributed by atoms with Crippen molar-refractivity contribution in [2.45, 2.75) is 20.3 Å². The second-order valence-corrected chi connectivity index (χ2v) is 4.00. The molecule has 2 N–H and O–H groups in total. The molecule has 0 saturated carbocycles. The number of nitrogens with one attached hydrogen (secondary N) is 2. The molecule has 1 rings (SSSR count). The van der Waals surface area contributed by atoms with Crippen LogP contribution in [0.2, 0.25) is 0 Å². The molecule has 5 nitrogen and oxygen atoms in total. The summed E-state index contributed by atoms with van der Waals surface area (Å²) in [6, 6.07) is 5.56. The Bertz CT molecular complexity index is 447. The van der Waals surface area contributed by atoms with Gasteiger partial charge in [-0.15, -0.1) is 0 Å². The average molecular weight is 278 g/mol. The zero-order valence-corrected chi connectivity index (χ0v) is 12.1. The van der Waals surface area contributed by atoms with E-state index in [1.54, 1.807) is 0 Å². The van der Waals surface area contributed by atoms with Gasteiger partial charge in [-0.3, -0.25) is 0 Å². The maximum atomic E-state index is 11.2. The Balaban J connectivity index is 2.59. The van der Waals surface area contributed by atoms with Gasteiger partial charge in [-0.25, -0.2) is 4.79 Å². The number of benzene rings is 1. The minimum atomic E-state index is -0.254. The number of hydrogen-bond acceptors (Lipinski definition) is 3. The van der Waals surface area contributed by atoms with Gasteiger partial charge in [-0.2, -0.15) is 0 Å². The van der Waals surface area contributed by atoms with Crippen LogP contribution in [0.25, 0.3) is 0 Å². The number of amides is 2. The van der Waals surface area contributed by atoms with E-state index >= 15 is 0 Å². The fourth-order valence-corrected chi connectivity index (χ4v) is 1.72. The highest BCUT2D eigenvalue weighted by atomic mass is 16.5. The first-order valence-electron chi connectivity index (χ1n) is 6.75. The molecule has 0 unspecified atom stereocenters. The number of hydrogen-bond donors (Lipinski definition) is 2. The molecule has 0 atom stereocenters. The van der Waals surface area contributed by atoms with Gasteiger partial charge in [-0.05, 0) is 44.2 Å². The third-order valence-corrected chi connectivity index (χ3v) is 2.54. The number of carbonyl (C=O) groups is 1. The Morgan fingerprint density at radius 2 is 1.95 bits per heavy atom. The minimum Gasteiger partial charge on any atom is -0.490 e. The summed E-state index contributed by atoms with van der Waals surface area (Å²) in [5.74, 6) is 1.48. The molecular weight excluding hydrogens is 256 g/mol. The highest BCUT2D eigenvalue weighted by Crippen LogP contribution is 2.28. The molecule has 2 amide bonds. The molecule has 0 radical (unpaired) electrons. The van der Waals surface area contributed by atoms with E-state index < -0.39 is 0 Å². The number of rotatable bonds is 8. The Labute approximate surface area is 120 Å². The smallest absolute Gasteiger partial charge is 0.318 e. The van der Waals surface area contributed by atoms with Gasteiger partial charge >= 0.3 is 6.03 Å². The van der Waals surface area contributed by atoms with Crippen LogP contribution in [0.5, 0.6) is 11.5 Å². The van der Waals surface area contributed by atoms with Gasteiger partial charge in [0, 0.05) is 6.54 Å². The maximum absolute atomic E-state index is 11.2. The van der Waals surface area contributed by atoms with Crippen LogP contribution in [0.3, 0.4) is 0 Å². The van der Waals surface area contributed by atoms with Crippen LogP contribution in [-0.4, -0.2) is 25.8 Å². The molecule has 0 heterocycles. The van der Waals surface area contributed by atoms with E-state index in [0.29, 0.717) is 19.8 Å². The van der Waals surface area contributed by atoms with Crippen LogP contribution < -0.4 is 20.1 Å². The molecule has 0 aliphatic carbocycles. The van der Waals surface area contributed by atoms with Gasteiger partial charge in [-0.1, -0.05) is 12.6 Å². The van der Waals surface area contributed by atoms with Gasteiger partial charge in [0.25, 0.3) is 0 Å². The topological polar surface area (TPSA) is 59.6 Å². The molecule has 0 bridgehead atoms. The van der Waals surface area contributed by atoms with Crippen molar-refractivity contribution in [1.29, 1.82) is 0 Å². The molecule has 0 aromatic heterocycles. The zero-order chi connectivity index (χ0) is 14.8. The number of ether oxygens (including phenoxy) is 2. The molecule has 1 aromatic rings. The van der Waals surface area contributed by atoms with E-state index in [4.69, 9.17) is 9.47 Å². The molecule has 5 heteroatoms. The fraction of sp³-hybridized carbons (Fsp3) is 0.400. The van der Waals surface area contributed by atoms with Crippen molar-refractivity contribution in [2.75, 3.05) is 19.8 Å². The lowest BCUT2D eigenvalue weighted by molar-refractivity contribution is 0.244. The van der Waals surface area contributed by atoms with E-state index in [1.165, 1.54) is 6.20 Å².